The van der Waals surface area contributed by atoms with Crippen molar-refractivity contribution < 1.29 is 5.11 Å². The van der Waals surface area contributed by atoms with E-state index in [1.165, 1.54) is 5.56 Å². The highest BCUT2D eigenvalue weighted by atomic mass is 16.3. The molecule has 0 spiro atoms. The molecule has 0 saturated heterocycles. The molecule has 0 atom stereocenters. The molecule has 0 fully saturated rings. The summed E-state index contributed by atoms with van der Waals surface area (Å²) in [4.78, 5) is 3.94. The summed E-state index contributed by atoms with van der Waals surface area (Å²) in [5, 5.41) is 9.42. The Balaban J connectivity index is 3.03. The zero-order chi connectivity index (χ0) is 9.84. The SMILES string of the molecule is CN=CCc1ccc(O)c(C)c1C. The molecular formula is C11H15NO. The van der Waals surface area contributed by atoms with Gasteiger partial charge in [0.25, 0.3) is 0 Å². The van der Waals surface area contributed by atoms with Crippen molar-refractivity contribution >= 4 is 6.21 Å². The minimum absolute atomic E-state index is 0.370. The van der Waals surface area contributed by atoms with Gasteiger partial charge < -0.3 is 10.1 Å². The fourth-order valence-corrected chi connectivity index (χ4v) is 1.27. The molecule has 0 radical (unpaired) electrons. The summed E-state index contributed by atoms with van der Waals surface area (Å²) in [6, 6.07) is 3.68. The van der Waals surface area contributed by atoms with E-state index in [1.807, 2.05) is 26.1 Å². The molecule has 0 amide bonds. The Kier molecular flexibility index (Phi) is 3.07. The molecule has 1 N–H and O–H groups in total. The Morgan fingerprint density at radius 2 is 2.00 bits per heavy atom. The Bertz CT molecular complexity index is 329. The molecule has 2 heteroatoms. The van der Waals surface area contributed by atoms with E-state index in [2.05, 4.69) is 4.99 Å². The molecule has 0 unspecified atom stereocenters. The minimum atomic E-state index is 0.370. The lowest BCUT2D eigenvalue weighted by Crippen LogP contribution is -1.93. The van der Waals surface area contributed by atoms with Crippen LogP contribution in [0.5, 0.6) is 5.75 Å². The predicted octanol–water partition coefficient (Wildman–Crippen LogP) is 2.25. The topological polar surface area (TPSA) is 32.6 Å². The van der Waals surface area contributed by atoms with Crippen molar-refractivity contribution in [3.63, 3.8) is 0 Å². The zero-order valence-corrected chi connectivity index (χ0v) is 8.33. The second-order valence-electron chi connectivity index (χ2n) is 3.14. The van der Waals surface area contributed by atoms with Gasteiger partial charge in [-0.1, -0.05) is 6.07 Å². The molecule has 2 nitrogen and oxygen atoms in total. The molecule has 0 aliphatic carbocycles. The van der Waals surface area contributed by atoms with Gasteiger partial charge in [-0.15, -0.1) is 0 Å². The van der Waals surface area contributed by atoms with Gasteiger partial charge in [0.15, 0.2) is 0 Å². The molecule has 0 aliphatic rings. The standard InChI is InChI=1S/C11H15NO/c1-8-9(2)11(13)5-4-10(8)6-7-12-3/h4-5,7,13H,6H2,1-3H3. The van der Waals surface area contributed by atoms with Gasteiger partial charge in [-0.25, -0.2) is 0 Å². The van der Waals surface area contributed by atoms with Gasteiger partial charge in [0.05, 0.1) is 0 Å². The Morgan fingerprint density at radius 1 is 1.31 bits per heavy atom. The van der Waals surface area contributed by atoms with Gasteiger partial charge >= 0.3 is 0 Å². The summed E-state index contributed by atoms with van der Waals surface area (Å²) in [5.74, 6) is 0.370. The molecule has 1 aromatic carbocycles. The summed E-state index contributed by atoms with van der Waals surface area (Å²) in [6.07, 6.45) is 2.71. The van der Waals surface area contributed by atoms with E-state index in [4.69, 9.17) is 0 Å². The van der Waals surface area contributed by atoms with E-state index in [0.717, 1.165) is 17.5 Å². The van der Waals surface area contributed by atoms with E-state index in [1.54, 1.807) is 13.1 Å². The van der Waals surface area contributed by atoms with Crippen LogP contribution < -0.4 is 0 Å². The third-order valence-corrected chi connectivity index (χ3v) is 2.36. The van der Waals surface area contributed by atoms with Crippen LogP contribution in [0.4, 0.5) is 0 Å². The van der Waals surface area contributed by atoms with E-state index < -0.39 is 0 Å². The maximum absolute atomic E-state index is 9.42. The predicted molar refractivity (Wildman–Crippen MR) is 55.7 cm³/mol. The minimum Gasteiger partial charge on any atom is -0.508 e. The molecule has 1 aromatic rings. The lowest BCUT2D eigenvalue weighted by atomic mass is 10.0. The number of nitrogens with zero attached hydrogens (tertiary/aromatic N) is 1. The van der Waals surface area contributed by atoms with Crippen molar-refractivity contribution in [1.82, 2.24) is 0 Å². The number of benzene rings is 1. The van der Waals surface area contributed by atoms with Crippen LogP contribution in [0.2, 0.25) is 0 Å². The van der Waals surface area contributed by atoms with Crippen molar-refractivity contribution in [2.75, 3.05) is 7.05 Å². The highest BCUT2D eigenvalue weighted by Crippen LogP contribution is 2.22. The molecule has 70 valence electrons. The first-order valence-electron chi connectivity index (χ1n) is 4.35. The summed E-state index contributed by atoms with van der Waals surface area (Å²) in [5.41, 5.74) is 3.34. The van der Waals surface area contributed by atoms with Crippen LogP contribution in [-0.4, -0.2) is 18.4 Å². The summed E-state index contributed by atoms with van der Waals surface area (Å²) in [6.45, 7) is 3.95. The first-order chi connectivity index (χ1) is 6.16. The van der Waals surface area contributed by atoms with Crippen molar-refractivity contribution in [3.8, 4) is 5.75 Å². The lowest BCUT2D eigenvalue weighted by Gasteiger charge is -2.07. The van der Waals surface area contributed by atoms with Crippen LogP contribution >= 0.6 is 0 Å². The largest absolute Gasteiger partial charge is 0.508 e. The molecule has 0 bridgehead atoms. The highest BCUT2D eigenvalue weighted by Gasteiger charge is 2.03. The van der Waals surface area contributed by atoms with Crippen molar-refractivity contribution in [2.45, 2.75) is 20.3 Å². The quantitative estimate of drug-likeness (QED) is 0.690. The number of phenols is 1. The number of aliphatic imine (C=N–C) groups is 1. The fourth-order valence-electron chi connectivity index (χ4n) is 1.27. The highest BCUT2D eigenvalue weighted by molar-refractivity contribution is 5.63. The van der Waals surface area contributed by atoms with Gasteiger partial charge in [0.1, 0.15) is 5.75 Å². The smallest absolute Gasteiger partial charge is 0.118 e. The molecule has 1 rings (SSSR count). The zero-order valence-electron chi connectivity index (χ0n) is 8.33. The fraction of sp³-hybridized carbons (Fsp3) is 0.364. The normalized spacial score (nSPS) is 11.0. The van der Waals surface area contributed by atoms with E-state index >= 15 is 0 Å². The third kappa shape index (κ3) is 2.08. The van der Waals surface area contributed by atoms with Crippen LogP contribution in [0.25, 0.3) is 0 Å². The number of rotatable bonds is 2. The van der Waals surface area contributed by atoms with Crippen LogP contribution in [0.1, 0.15) is 16.7 Å². The van der Waals surface area contributed by atoms with Crippen molar-refractivity contribution in [2.24, 2.45) is 4.99 Å². The number of aromatic hydroxyl groups is 1. The van der Waals surface area contributed by atoms with E-state index in [0.29, 0.717) is 5.75 Å². The summed E-state index contributed by atoms with van der Waals surface area (Å²) < 4.78 is 0. The van der Waals surface area contributed by atoms with Crippen LogP contribution in [0.3, 0.4) is 0 Å². The maximum atomic E-state index is 9.42. The number of hydrogen-bond donors (Lipinski definition) is 1. The average Bonchev–Trinajstić information content (AvgIpc) is 2.13. The Morgan fingerprint density at radius 3 is 2.62 bits per heavy atom. The molecule has 13 heavy (non-hydrogen) atoms. The number of hydrogen-bond acceptors (Lipinski definition) is 2. The van der Waals surface area contributed by atoms with Gasteiger partial charge in [0.2, 0.25) is 0 Å². The monoisotopic (exact) mass is 177 g/mol. The van der Waals surface area contributed by atoms with Crippen molar-refractivity contribution in [3.05, 3.63) is 28.8 Å². The maximum Gasteiger partial charge on any atom is 0.118 e. The van der Waals surface area contributed by atoms with Gasteiger partial charge in [0, 0.05) is 19.7 Å². The second-order valence-corrected chi connectivity index (χ2v) is 3.14. The molecule has 0 saturated carbocycles. The lowest BCUT2D eigenvalue weighted by molar-refractivity contribution is 0.470. The molecular weight excluding hydrogens is 162 g/mol. The first kappa shape index (κ1) is 9.78. The molecule has 0 heterocycles. The van der Waals surface area contributed by atoms with Crippen LogP contribution in [0, 0.1) is 13.8 Å². The summed E-state index contributed by atoms with van der Waals surface area (Å²) >= 11 is 0. The number of phenolic OH excluding ortho intramolecular Hbond substituents is 1. The Hall–Kier alpha value is -1.31. The first-order valence-corrected chi connectivity index (χ1v) is 4.35. The van der Waals surface area contributed by atoms with Gasteiger partial charge in [-0.05, 0) is 36.6 Å². The van der Waals surface area contributed by atoms with Gasteiger partial charge in [-0.3, -0.25) is 0 Å². The van der Waals surface area contributed by atoms with Gasteiger partial charge in [-0.2, -0.15) is 0 Å². The van der Waals surface area contributed by atoms with Crippen LogP contribution in [-0.2, 0) is 6.42 Å². The van der Waals surface area contributed by atoms with E-state index in [-0.39, 0.29) is 0 Å². The third-order valence-electron chi connectivity index (χ3n) is 2.36. The Labute approximate surface area is 78.9 Å². The average molecular weight is 177 g/mol. The van der Waals surface area contributed by atoms with E-state index in [9.17, 15) is 5.11 Å². The summed E-state index contributed by atoms with van der Waals surface area (Å²) in [7, 11) is 1.77. The molecule has 0 aromatic heterocycles. The van der Waals surface area contributed by atoms with Crippen LogP contribution in [0.15, 0.2) is 17.1 Å². The van der Waals surface area contributed by atoms with Crippen molar-refractivity contribution in [1.29, 1.82) is 0 Å². The second kappa shape index (κ2) is 4.08. The molecule has 0 aliphatic heterocycles.